The summed E-state index contributed by atoms with van der Waals surface area (Å²) in [5.74, 6) is 0.951. The lowest BCUT2D eigenvalue weighted by Gasteiger charge is -2.17. The first kappa shape index (κ1) is 9.58. The molecule has 3 nitrogen and oxygen atoms in total. The van der Waals surface area contributed by atoms with Crippen LogP contribution in [-0.2, 0) is 13.0 Å². The first-order valence-electron chi connectivity index (χ1n) is 5.76. The van der Waals surface area contributed by atoms with E-state index in [1.807, 2.05) is 29.7 Å². The molecule has 3 heteroatoms. The monoisotopic (exact) mass is 214 g/mol. The summed E-state index contributed by atoms with van der Waals surface area (Å²) in [5, 5.41) is 0.755. The molecule has 0 saturated carbocycles. The standard InChI is InChI=1S/C13H14N2O/c1-9-5-6-11-10(8-9)13(16)15-7-3-2-4-12(15)14-11/h5-6,8H,2-4,7H2,1H3. The molecule has 1 aliphatic heterocycles. The van der Waals surface area contributed by atoms with Crippen LogP contribution in [0.2, 0.25) is 0 Å². The third-order valence-corrected chi connectivity index (χ3v) is 3.22. The van der Waals surface area contributed by atoms with Crippen LogP contribution in [0.1, 0.15) is 24.2 Å². The normalized spacial score (nSPS) is 15.1. The molecule has 0 atom stereocenters. The molecule has 0 aliphatic carbocycles. The lowest BCUT2D eigenvalue weighted by atomic mass is 10.1. The highest BCUT2D eigenvalue weighted by Crippen LogP contribution is 2.15. The van der Waals surface area contributed by atoms with Crippen LogP contribution < -0.4 is 5.56 Å². The summed E-state index contributed by atoms with van der Waals surface area (Å²) in [6, 6.07) is 5.89. The Morgan fingerprint density at radius 2 is 2.19 bits per heavy atom. The van der Waals surface area contributed by atoms with Gasteiger partial charge in [0.2, 0.25) is 0 Å². The van der Waals surface area contributed by atoms with E-state index in [1.165, 1.54) is 0 Å². The molecule has 1 aliphatic rings. The third-order valence-electron chi connectivity index (χ3n) is 3.22. The molecule has 2 heterocycles. The molecule has 0 spiro atoms. The predicted molar refractivity (Wildman–Crippen MR) is 63.7 cm³/mol. The van der Waals surface area contributed by atoms with Crippen molar-refractivity contribution in [3.8, 4) is 0 Å². The molecular weight excluding hydrogens is 200 g/mol. The molecule has 2 aromatic rings. The summed E-state index contributed by atoms with van der Waals surface area (Å²) in [4.78, 5) is 16.8. The Morgan fingerprint density at radius 1 is 1.31 bits per heavy atom. The van der Waals surface area contributed by atoms with E-state index in [4.69, 9.17) is 0 Å². The van der Waals surface area contributed by atoms with E-state index in [0.29, 0.717) is 0 Å². The summed E-state index contributed by atoms with van der Waals surface area (Å²) in [7, 11) is 0. The Labute approximate surface area is 93.7 Å². The first-order valence-corrected chi connectivity index (χ1v) is 5.76. The van der Waals surface area contributed by atoms with Crippen molar-refractivity contribution >= 4 is 10.9 Å². The molecule has 0 saturated heterocycles. The van der Waals surface area contributed by atoms with Crippen LogP contribution >= 0.6 is 0 Å². The Balaban J connectivity index is 2.40. The Bertz CT molecular complexity index is 613. The Morgan fingerprint density at radius 3 is 3.06 bits per heavy atom. The molecule has 3 rings (SSSR count). The topological polar surface area (TPSA) is 34.9 Å². The zero-order valence-corrected chi connectivity index (χ0v) is 9.36. The van der Waals surface area contributed by atoms with Crippen LogP contribution in [0.4, 0.5) is 0 Å². The summed E-state index contributed by atoms with van der Waals surface area (Å²) in [6.45, 7) is 2.83. The fourth-order valence-corrected chi connectivity index (χ4v) is 2.36. The second kappa shape index (κ2) is 3.44. The number of aromatic nitrogens is 2. The highest BCUT2D eigenvalue weighted by atomic mass is 16.1. The average molecular weight is 214 g/mol. The molecule has 0 N–H and O–H groups in total. The van der Waals surface area contributed by atoms with Crippen LogP contribution in [-0.4, -0.2) is 9.55 Å². The molecule has 0 bridgehead atoms. The van der Waals surface area contributed by atoms with Gasteiger partial charge >= 0.3 is 0 Å². The fraction of sp³-hybridized carbons (Fsp3) is 0.385. The number of benzene rings is 1. The summed E-state index contributed by atoms with van der Waals surface area (Å²) >= 11 is 0. The van der Waals surface area contributed by atoms with Gasteiger partial charge in [-0.3, -0.25) is 9.36 Å². The Kier molecular flexibility index (Phi) is 2.06. The molecule has 16 heavy (non-hydrogen) atoms. The molecule has 0 unspecified atom stereocenters. The predicted octanol–water partition coefficient (Wildman–Crippen LogP) is 2.04. The zero-order valence-electron chi connectivity index (χ0n) is 9.36. The first-order chi connectivity index (χ1) is 7.75. The van der Waals surface area contributed by atoms with E-state index in [-0.39, 0.29) is 5.56 Å². The van der Waals surface area contributed by atoms with Crippen molar-refractivity contribution in [3.63, 3.8) is 0 Å². The van der Waals surface area contributed by atoms with Crippen LogP contribution in [0.15, 0.2) is 23.0 Å². The third kappa shape index (κ3) is 1.35. The maximum atomic E-state index is 12.2. The minimum atomic E-state index is 0.128. The van der Waals surface area contributed by atoms with Crippen molar-refractivity contribution in [2.24, 2.45) is 0 Å². The highest BCUT2D eigenvalue weighted by molar-refractivity contribution is 5.78. The van der Waals surface area contributed by atoms with Crippen molar-refractivity contribution in [1.29, 1.82) is 0 Å². The van der Waals surface area contributed by atoms with Gasteiger partial charge in [0.05, 0.1) is 10.9 Å². The Hall–Kier alpha value is -1.64. The second-order valence-electron chi connectivity index (χ2n) is 4.46. The number of aryl methyl sites for hydroxylation is 2. The largest absolute Gasteiger partial charge is 0.296 e. The van der Waals surface area contributed by atoms with Gasteiger partial charge in [0.25, 0.3) is 5.56 Å². The molecule has 1 aromatic heterocycles. The molecule has 0 radical (unpaired) electrons. The van der Waals surface area contributed by atoms with Gasteiger partial charge in [0.1, 0.15) is 5.82 Å². The van der Waals surface area contributed by atoms with Gasteiger partial charge in [-0.1, -0.05) is 11.6 Å². The smallest absolute Gasteiger partial charge is 0.261 e. The van der Waals surface area contributed by atoms with Gasteiger partial charge in [0, 0.05) is 13.0 Å². The van der Waals surface area contributed by atoms with Crippen LogP contribution in [0.3, 0.4) is 0 Å². The summed E-state index contributed by atoms with van der Waals surface area (Å²) in [6.07, 6.45) is 3.16. The van der Waals surface area contributed by atoms with Crippen molar-refractivity contribution in [3.05, 3.63) is 39.9 Å². The molecule has 82 valence electrons. The van der Waals surface area contributed by atoms with Crippen molar-refractivity contribution in [2.75, 3.05) is 0 Å². The minimum absolute atomic E-state index is 0.128. The van der Waals surface area contributed by atoms with E-state index in [0.717, 1.165) is 48.1 Å². The van der Waals surface area contributed by atoms with Gasteiger partial charge in [-0.15, -0.1) is 0 Å². The van der Waals surface area contributed by atoms with Crippen molar-refractivity contribution < 1.29 is 0 Å². The van der Waals surface area contributed by atoms with E-state index in [2.05, 4.69) is 4.98 Å². The number of rotatable bonds is 0. The fourth-order valence-electron chi connectivity index (χ4n) is 2.36. The number of hydrogen-bond donors (Lipinski definition) is 0. The van der Waals surface area contributed by atoms with Gasteiger partial charge < -0.3 is 0 Å². The van der Waals surface area contributed by atoms with Gasteiger partial charge in [-0.25, -0.2) is 4.98 Å². The van der Waals surface area contributed by atoms with E-state index >= 15 is 0 Å². The molecular formula is C13H14N2O. The van der Waals surface area contributed by atoms with Gasteiger partial charge in [0.15, 0.2) is 0 Å². The lowest BCUT2D eigenvalue weighted by molar-refractivity contribution is 0.501. The summed E-state index contributed by atoms with van der Waals surface area (Å²) in [5.41, 5.74) is 2.08. The number of nitrogens with zero attached hydrogens (tertiary/aromatic N) is 2. The van der Waals surface area contributed by atoms with Crippen LogP contribution in [0.25, 0.3) is 10.9 Å². The maximum absolute atomic E-state index is 12.2. The lowest BCUT2D eigenvalue weighted by Crippen LogP contribution is -2.28. The summed E-state index contributed by atoms with van der Waals surface area (Å²) < 4.78 is 1.84. The SMILES string of the molecule is Cc1ccc2nc3n(c(=O)c2c1)CCCC3. The molecule has 0 fully saturated rings. The molecule has 1 aromatic carbocycles. The van der Waals surface area contributed by atoms with Crippen LogP contribution in [0, 0.1) is 6.92 Å². The molecule has 0 amide bonds. The van der Waals surface area contributed by atoms with Gasteiger partial charge in [-0.2, -0.15) is 0 Å². The van der Waals surface area contributed by atoms with Crippen molar-refractivity contribution in [2.45, 2.75) is 32.7 Å². The zero-order chi connectivity index (χ0) is 11.1. The van der Waals surface area contributed by atoms with E-state index in [9.17, 15) is 4.79 Å². The number of fused-ring (bicyclic) bond motifs is 2. The van der Waals surface area contributed by atoms with E-state index < -0.39 is 0 Å². The van der Waals surface area contributed by atoms with Gasteiger partial charge in [-0.05, 0) is 31.9 Å². The quantitative estimate of drug-likeness (QED) is 0.672. The minimum Gasteiger partial charge on any atom is -0.296 e. The van der Waals surface area contributed by atoms with Crippen molar-refractivity contribution in [1.82, 2.24) is 9.55 Å². The second-order valence-corrected chi connectivity index (χ2v) is 4.46. The van der Waals surface area contributed by atoms with Crippen LogP contribution in [0.5, 0.6) is 0 Å². The maximum Gasteiger partial charge on any atom is 0.261 e. The highest BCUT2D eigenvalue weighted by Gasteiger charge is 2.14. The van der Waals surface area contributed by atoms with E-state index in [1.54, 1.807) is 0 Å². The number of hydrogen-bond acceptors (Lipinski definition) is 2. The average Bonchev–Trinajstić information content (AvgIpc) is 2.31.